The lowest BCUT2D eigenvalue weighted by Crippen LogP contribution is -2.38. The Kier molecular flexibility index (Phi) is 5.65. The van der Waals surface area contributed by atoms with E-state index in [1.54, 1.807) is 29.7 Å². The zero-order valence-electron chi connectivity index (χ0n) is 17.0. The number of hydrogen-bond acceptors (Lipinski definition) is 1. The predicted molar refractivity (Wildman–Crippen MR) is 115 cm³/mol. The number of nitrogens with zero attached hydrogens (tertiary/aromatic N) is 2. The first-order chi connectivity index (χ1) is 14.3. The van der Waals surface area contributed by atoms with E-state index in [0.717, 1.165) is 24.5 Å². The van der Waals surface area contributed by atoms with Crippen LogP contribution in [0.4, 0.5) is 8.78 Å². The molecule has 0 radical (unpaired) electrons. The molecule has 1 aliphatic rings. The lowest BCUT2D eigenvalue weighted by Gasteiger charge is -2.30. The van der Waals surface area contributed by atoms with E-state index >= 15 is 0 Å². The molecule has 156 valence electrons. The summed E-state index contributed by atoms with van der Waals surface area (Å²) in [5.74, 6) is -0.781. The number of rotatable bonds is 3. The van der Waals surface area contributed by atoms with Crippen LogP contribution >= 0.6 is 11.6 Å². The molecule has 0 aliphatic carbocycles. The third-order valence-corrected chi connectivity index (χ3v) is 6.09. The van der Waals surface area contributed by atoms with Crippen LogP contribution in [0.15, 0.2) is 48.5 Å². The summed E-state index contributed by atoms with van der Waals surface area (Å²) in [6, 6.07) is 12.4. The molecular weight excluding hydrogens is 406 g/mol. The maximum absolute atomic E-state index is 14.7. The van der Waals surface area contributed by atoms with E-state index in [9.17, 15) is 13.6 Å². The van der Waals surface area contributed by atoms with Crippen LogP contribution in [0.1, 0.15) is 35.8 Å². The molecule has 2 heterocycles. The molecule has 0 spiro atoms. The Hall–Kier alpha value is -2.66. The molecule has 1 aliphatic heterocycles. The van der Waals surface area contributed by atoms with Gasteiger partial charge in [-0.1, -0.05) is 30.7 Å². The van der Waals surface area contributed by atoms with E-state index in [4.69, 9.17) is 11.6 Å². The van der Waals surface area contributed by atoms with Gasteiger partial charge in [0.05, 0.1) is 16.9 Å². The average molecular weight is 429 g/mol. The largest absolute Gasteiger partial charge is 0.339 e. The van der Waals surface area contributed by atoms with Crippen molar-refractivity contribution in [2.45, 2.75) is 26.7 Å². The molecule has 1 saturated heterocycles. The highest BCUT2D eigenvalue weighted by atomic mass is 35.5. The van der Waals surface area contributed by atoms with Crippen LogP contribution in [0, 0.1) is 24.5 Å². The highest BCUT2D eigenvalue weighted by Gasteiger charge is 2.27. The minimum atomic E-state index is -0.685. The number of carbonyl (C=O) groups excluding carboxylic acids is 1. The molecule has 0 N–H and O–H groups in total. The minimum Gasteiger partial charge on any atom is -0.339 e. The summed E-state index contributed by atoms with van der Waals surface area (Å²) in [5.41, 5.74) is 2.79. The van der Waals surface area contributed by atoms with Crippen LogP contribution in [0.25, 0.3) is 16.9 Å². The molecule has 0 saturated carbocycles. The minimum absolute atomic E-state index is 0.0594. The number of amides is 1. The zero-order chi connectivity index (χ0) is 21.4. The van der Waals surface area contributed by atoms with Crippen LogP contribution in [0.5, 0.6) is 0 Å². The van der Waals surface area contributed by atoms with E-state index in [1.807, 2.05) is 17.0 Å². The third-order valence-electron chi connectivity index (χ3n) is 5.84. The van der Waals surface area contributed by atoms with E-state index < -0.39 is 11.6 Å². The first-order valence-electron chi connectivity index (χ1n) is 10.1. The van der Waals surface area contributed by atoms with Crippen LogP contribution < -0.4 is 0 Å². The fourth-order valence-electron chi connectivity index (χ4n) is 4.01. The second kappa shape index (κ2) is 8.23. The Balaban J connectivity index is 1.85. The Bertz CT molecular complexity index is 1080. The highest BCUT2D eigenvalue weighted by molar-refractivity contribution is 6.30. The maximum atomic E-state index is 14.7. The summed E-state index contributed by atoms with van der Waals surface area (Å²) in [6.45, 7) is 5.42. The summed E-state index contributed by atoms with van der Waals surface area (Å²) < 4.78 is 29.9. The lowest BCUT2D eigenvalue weighted by molar-refractivity contribution is 0.0696. The van der Waals surface area contributed by atoms with Gasteiger partial charge >= 0.3 is 0 Å². The Morgan fingerprint density at radius 2 is 1.70 bits per heavy atom. The lowest BCUT2D eigenvalue weighted by atomic mass is 9.98. The molecule has 1 aromatic heterocycles. The summed E-state index contributed by atoms with van der Waals surface area (Å²) >= 11 is 6.03. The Labute approximate surface area is 179 Å². The van der Waals surface area contributed by atoms with Crippen LogP contribution in [-0.4, -0.2) is 28.5 Å². The normalized spacial score (nSPS) is 14.9. The van der Waals surface area contributed by atoms with Gasteiger partial charge in [-0.15, -0.1) is 0 Å². The van der Waals surface area contributed by atoms with Crippen LogP contribution in [0.3, 0.4) is 0 Å². The van der Waals surface area contributed by atoms with E-state index in [0.29, 0.717) is 41.0 Å². The number of halogens is 3. The molecule has 2 aromatic carbocycles. The molecule has 0 atom stereocenters. The zero-order valence-corrected chi connectivity index (χ0v) is 17.7. The summed E-state index contributed by atoms with van der Waals surface area (Å²) in [7, 11) is 0. The predicted octanol–water partition coefficient (Wildman–Crippen LogP) is 6.26. The van der Waals surface area contributed by atoms with Gasteiger partial charge in [-0.25, -0.2) is 8.78 Å². The number of likely N-dealkylation sites (tertiary alicyclic amines) is 1. The second-order valence-electron chi connectivity index (χ2n) is 7.94. The number of carbonyl (C=O) groups is 1. The second-order valence-corrected chi connectivity index (χ2v) is 8.38. The quantitative estimate of drug-likeness (QED) is 0.483. The topological polar surface area (TPSA) is 25.2 Å². The summed E-state index contributed by atoms with van der Waals surface area (Å²) in [5, 5.41) is 0.584. The van der Waals surface area contributed by atoms with Gasteiger partial charge in [-0.2, -0.15) is 0 Å². The monoisotopic (exact) mass is 428 g/mol. The molecule has 0 unspecified atom stereocenters. The van der Waals surface area contributed by atoms with Gasteiger partial charge in [-0.05, 0) is 61.6 Å². The smallest absolute Gasteiger partial charge is 0.255 e. The van der Waals surface area contributed by atoms with E-state index in [2.05, 4.69) is 6.92 Å². The van der Waals surface area contributed by atoms with Gasteiger partial charge in [-0.3, -0.25) is 4.79 Å². The van der Waals surface area contributed by atoms with E-state index in [-0.39, 0.29) is 11.6 Å². The van der Waals surface area contributed by atoms with Crippen molar-refractivity contribution in [1.29, 1.82) is 0 Å². The number of aromatic nitrogens is 1. The fraction of sp³-hybridized carbons (Fsp3) is 0.292. The van der Waals surface area contributed by atoms with E-state index in [1.165, 1.54) is 12.1 Å². The highest BCUT2D eigenvalue weighted by Crippen LogP contribution is 2.32. The van der Waals surface area contributed by atoms with Gasteiger partial charge in [0.2, 0.25) is 0 Å². The molecule has 1 amide bonds. The first-order valence-corrected chi connectivity index (χ1v) is 10.5. The molecular formula is C24H23ClF2N2O. The standard InChI is InChI=1S/C24H23ClF2N2O/c1-15-9-11-28(12-10-15)24(30)20-14-23(17-3-5-18(25)6-4-17)29(16(20)2)22-8-7-19(26)13-21(22)27/h3-8,13-15H,9-12H2,1-2H3. The molecule has 30 heavy (non-hydrogen) atoms. The summed E-state index contributed by atoms with van der Waals surface area (Å²) in [4.78, 5) is 15.1. The van der Waals surface area contributed by atoms with Crippen molar-refractivity contribution < 1.29 is 13.6 Å². The van der Waals surface area contributed by atoms with Crippen molar-refractivity contribution in [3.8, 4) is 16.9 Å². The van der Waals surface area contributed by atoms with Crippen molar-refractivity contribution >= 4 is 17.5 Å². The third kappa shape index (κ3) is 3.86. The van der Waals surface area contributed by atoms with Gasteiger partial charge in [0.25, 0.3) is 5.91 Å². The molecule has 6 heteroatoms. The van der Waals surface area contributed by atoms with Crippen LogP contribution in [0.2, 0.25) is 5.02 Å². The first kappa shape index (κ1) is 20.6. The Morgan fingerprint density at radius 1 is 1.03 bits per heavy atom. The Morgan fingerprint density at radius 3 is 2.33 bits per heavy atom. The number of piperidine rings is 1. The van der Waals surface area contributed by atoms with Gasteiger partial charge in [0.15, 0.2) is 0 Å². The number of hydrogen-bond donors (Lipinski definition) is 0. The van der Waals surface area contributed by atoms with Crippen molar-refractivity contribution in [3.05, 3.63) is 76.4 Å². The van der Waals surface area contributed by atoms with Crippen molar-refractivity contribution in [2.24, 2.45) is 5.92 Å². The van der Waals surface area contributed by atoms with Crippen molar-refractivity contribution in [2.75, 3.05) is 13.1 Å². The maximum Gasteiger partial charge on any atom is 0.255 e. The molecule has 3 aromatic rings. The van der Waals surface area contributed by atoms with Gasteiger partial charge in [0, 0.05) is 29.9 Å². The molecule has 1 fully saturated rings. The average Bonchev–Trinajstić information content (AvgIpc) is 3.06. The van der Waals surface area contributed by atoms with Gasteiger partial charge in [0.1, 0.15) is 11.6 Å². The summed E-state index contributed by atoms with van der Waals surface area (Å²) in [6.07, 6.45) is 1.95. The van der Waals surface area contributed by atoms with Crippen molar-refractivity contribution in [1.82, 2.24) is 9.47 Å². The van der Waals surface area contributed by atoms with Crippen molar-refractivity contribution in [3.63, 3.8) is 0 Å². The molecule has 0 bridgehead atoms. The van der Waals surface area contributed by atoms with Crippen LogP contribution in [-0.2, 0) is 0 Å². The molecule has 3 nitrogen and oxygen atoms in total. The SMILES string of the molecule is Cc1c(C(=O)N2CCC(C)CC2)cc(-c2ccc(Cl)cc2)n1-c1ccc(F)cc1F. The number of benzene rings is 2. The fourth-order valence-corrected chi connectivity index (χ4v) is 4.14. The molecule has 4 rings (SSSR count). The van der Waals surface area contributed by atoms with Gasteiger partial charge < -0.3 is 9.47 Å².